The van der Waals surface area contributed by atoms with Crippen LogP contribution in [0.15, 0.2) is 51.9 Å². The molecule has 1 heterocycles. The van der Waals surface area contributed by atoms with E-state index in [1.165, 1.54) is 24.3 Å². The van der Waals surface area contributed by atoms with Crippen LogP contribution in [-0.2, 0) is 15.6 Å². The van der Waals surface area contributed by atoms with Gasteiger partial charge < -0.3 is 9.84 Å². The lowest BCUT2D eigenvalue weighted by Gasteiger charge is -2.23. The van der Waals surface area contributed by atoms with Gasteiger partial charge in [0.2, 0.25) is 5.89 Å². The number of hydrogen-bond acceptors (Lipinski definition) is 6. The molecule has 3 aromatic rings. The highest BCUT2D eigenvalue weighted by molar-refractivity contribution is 7.92. The van der Waals surface area contributed by atoms with Crippen molar-refractivity contribution in [1.82, 2.24) is 15.5 Å². The van der Waals surface area contributed by atoms with Crippen molar-refractivity contribution in [3.8, 4) is 0 Å². The summed E-state index contributed by atoms with van der Waals surface area (Å²) in [5, 5.41) is 6.63. The summed E-state index contributed by atoms with van der Waals surface area (Å²) < 4.78 is 45.8. The number of sulfonamides is 1. The molecular weight excluding hydrogens is 411 g/mol. The van der Waals surface area contributed by atoms with E-state index in [0.29, 0.717) is 17.3 Å². The van der Waals surface area contributed by atoms with Gasteiger partial charge in [0.05, 0.1) is 10.4 Å². The number of anilines is 1. The molecule has 8 nitrogen and oxygen atoms in total. The highest BCUT2D eigenvalue weighted by Gasteiger charge is 2.29. The largest absolute Gasteiger partial charge is 0.340 e. The van der Waals surface area contributed by atoms with Crippen molar-refractivity contribution >= 4 is 21.6 Å². The summed E-state index contributed by atoms with van der Waals surface area (Å²) in [5.41, 5.74) is 0.0397. The summed E-state index contributed by atoms with van der Waals surface area (Å²) in [6.07, 6.45) is 0. The number of amides is 1. The molecule has 30 heavy (non-hydrogen) atoms. The molecule has 0 aliphatic carbocycles. The molecule has 158 valence electrons. The fourth-order valence-corrected chi connectivity index (χ4v) is 3.79. The van der Waals surface area contributed by atoms with Gasteiger partial charge in [-0.3, -0.25) is 9.52 Å². The third-order valence-electron chi connectivity index (χ3n) is 4.37. The van der Waals surface area contributed by atoms with Gasteiger partial charge in [-0.2, -0.15) is 4.98 Å². The summed E-state index contributed by atoms with van der Waals surface area (Å²) in [5.74, 6) is -0.304. The number of carbonyl (C=O) groups is 1. The lowest BCUT2D eigenvalue weighted by atomic mass is 10.0. The van der Waals surface area contributed by atoms with Crippen molar-refractivity contribution in [2.45, 2.75) is 38.1 Å². The van der Waals surface area contributed by atoms with E-state index in [1.807, 2.05) is 0 Å². The van der Waals surface area contributed by atoms with E-state index >= 15 is 0 Å². The molecule has 0 radical (unpaired) electrons. The molecule has 0 aliphatic rings. The number of nitrogens with zero attached hydrogens (tertiary/aromatic N) is 2. The predicted octanol–water partition coefficient (Wildman–Crippen LogP) is 3.29. The second kappa shape index (κ2) is 7.86. The molecule has 3 rings (SSSR count). The van der Waals surface area contributed by atoms with Gasteiger partial charge in [0.1, 0.15) is 5.82 Å². The van der Waals surface area contributed by atoms with Crippen molar-refractivity contribution in [3.63, 3.8) is 0 Å². The van der Waals surface area contributed by atoms with Gasteiger partial charge in [0.25, 0.3) is 15.9 Å². The fraction of sp³-hybridized carbons (Fsp3) is 0.250. The first-order valence-electron chi connectivity index (χ1n) is 9.00. The lowest BCUT2D eigenvalue weighted by Crippen LogP contribution is -2.42. The van der Waals surface area contributed by atoms with Crippen molar-refractivity contribution in [1.29, 1.82) is 0 Å². The van der Waals surface area contributed by atoms with E-state index in [-0.39, 0.29) is 16.1 Å². The fourth-order valence-electron chi connectivity index (χ4n) is 2.71. The molecule has 0 unspecified atom stereocenters. The van der Waals surface area contributed by atoms with Crippen LogP contribution in [0.1, 0.15) is 41.5 Å². The SMILES string of the molecule is Cc1nc(C(C)(C)NC(=O)c2cc(S(=O)(=O)Nc3ccc(F)cc3)ccc2C)no1. The Bertz CT molecular complexity index is 1190. The van der Waals surface area contributed by atoms with E-state index < -0.39 is 27.3 Å². The minimum absolute atomic E-state index is 0.101. The predicted molar refractivity (Wildman–Crippen MR) is 108 cm³/mol. The quantitative estimate of drug-likeness (QED) is 0.618. The standard InChI is InChI=1S/C20H21FN4O4S/c1-12-5-10-16(30(27,28)25-15-8-6-14(21)7-9-15)11-17(12)18(26)23-20(3,4)19-22-13(2)29-24-19/h5-11,25H,1-4H3,(H,23,26). The number of rotatable bonds is 6. The molecule has 0 spiro atoms. The first-order valence-corrected chi connectivity index (χ1v) is 10.5. The average Bonchev–Trinajstić information content (AvgIpc) is 3.10. The van der Waals surface area contributed by atoms with Crippen LogP contribution in [-0.4, -0.2) is 24.5 Å². The Hall–Kier alpha value is -3.27. The Labute approximate surface area is 173 Å². The minimum Gasteiger partial charge on any atom is -0.340 e. The van der Waals surface area contributed by atoms with Crippen LogP contribution >= 0.6 is 0 Å². The van der Waals surface area contributed by atoms with Crippen molar-refractivity contribution in [3.05, 3.63) is 71.1 Å². The van der Waals surface area contributed by atoms with Crippen LogP contribution in [0, 0.1) is 19.7 Å². The average molecular weight is 432 g/mol. The second-order valence-electron chi connectivity index (χ2n) is 7.31. The molecule has 1 amide bonds. The normalized spacial score (nSPS) is 11.9. The van der Waals surface area contributed by atoms with Crippen LogP contribution < -0.4 is 10.0 Å². The van der Waals surface area contributed by atoms with E-state index in [2.05, 4.69) is 20.2 Å². The summed E-state index contributed by atoms with van der Waals surface area (Å²) in [6.45, 7) is 6.76. The number of nitrogens with one attached hydrogen (secondary N) is 2. The Morgan fingerprint density at radius 3 is 2.37 bits per heavy atom. The number of carbonyl (C=O) groups excluding carboxylic acids is 1. The second-order valence-corrected chi connectivity index (χ2v) is 8.99. The number of aromatic nitrogens is 2. The Balaban J connectivity index is 1.87. The molecule has 0 bridgehead atoms. The Morgan fingerprint density at radius 1 is 1.10 bits per heavy atom. The zero-order valence-corrected chi connectivity index (χ0v) is 17.7. The first-order chi connectivity index (χ1) is 14.0. The molecule has 1 aromatic heterocycles. The maximum atomic E-state index is 13.1. The monoisotopic (exact) mass is 432 g/mol. The molecule has 0 atom stereocenters. The summed E-state index contributed by atoms with van der Waals surface area (Å²) in [6, 6.07) is 9.13. The Kier molecular flexibility index (Phi) is 5.62. The highest BCUT2D eigenvalue weighted by atomic mass is 32.2. The van der Waals surface area contributed by atoms with Gasteiger partial charge in [-0.15, -0.1) is 0 Å². The number of benzene rings is 2. The molecule has 0 saturated heterocycles. The highest BCUT2D eigenvalue weighted by Crippen LogP contribution is 2.22. The van der Waals surface area contributed by atoms with Gasteiger partial charge in [-0.1, -0.05) is 11.2 Å². The molecule has 0 fully saturated rings. The minimum atomic E-state index is -3.98. The smallest absolute Gasteiger partial charge is 0.261 e. The van der Waals surface area contributed by atoms with Gasteiger partial charge in [0, 0.05) is 18.2 Å². The van der Waals surface area contributed by atoms with E-state index in [0.717, 1.165) is 12.1 Å². The molecular formula is C20H21FN4O4S. The van der Waals surface area contributed by atoms with Crippen LogP contribution in [0.5, 0.6) is 0 Å². The van der Waals surface area contributed by atoms with Crippen LogP contribution in [0.25, 0.3) is 0 Å². The van der Waals surface area contributed by atoms with Crippen LogP contribution in [0.4, 0.5) is 10.1 Å². The molecule has 2 aromatic carbocycles. The van der Waals surface area contributed by atoms with Crippen LogP contribution in [0.3, 0.4) is 0 Å². The zero-order chi connectivity index (χ0) is 22.1. The van der Waals surface area contributed by atoms with E-state index in [4.69, 9.17) is 4.52 Å². The first kappa shape index (κ1) is 21.4. The van der Waals surface area contributed by atoms with Gasteiger partial charge in [-0.05, 0) is 62.7 Å². The summed E-state index contributed by atoms with van der Waals surface area (Å²) in [4.78, 5) is 16.9. The number of aryl methyl sites for hydroxylation is 2. The summed E-state index contributed by atoms with van der Waals surface area (Å²) >= 11 is 0. The topological polar surface area (TPSA) is 114 Å². The maximum Gasteiger partial charge on any atom is 0.261 e. The van der Waals surface area contributed by atoms with Crippen molar-refractivity contribution in [2.75, 3.05) is 4.72 Å². The van der Waals surface area contributed by atoms with Gasteiger partial charge in [0.15, 0.2) is 5.82 Å². The Morgan fingerprint density at radius 2 is 1.77 bits per heavy atom. The lowest BCUT2D eigenvalue weighted by molar-refractivity contribution is 0.0906. The van der Waals surface area contributed by atoms with Crippen molar-refractivity contribution < 1.29 is 22.1 Å². The molecule has 2 N–H and O–H groups in total. The third-order valence-corrected chi connectivity index (χ3v) is 5.75. The van der Waals surface area contributed by atoms with Crippen LogP contribution in [0.2, 0.25) is 0 Å². The van der Waals surface area contributed by atoms with Crippen molar-refractivity contribution in [2.24, 2.45) is 0 Å². The number of hydrogen-bond donors (Lipinski definition) is 2. The third kappa shape index (κ3) is 4.65. The number of halogens is 1. The summed E-state index contributed by atoms with van der Waals surface area (Å²) in [7, 11) is -3.98. The van der Waals surface area contributed by atoms with E-state index in [1.54, 1.807) is 33.8 Å². The maximum absolute atomic E-state index is 13.1. The van der Waals surface area contributed by atoms with Gasteiger partial charge >= 0.3 is 0 Å². The zero-order valence-electron chi connectivity index (χ0n) is 16.9. The molecule has 0 saturated carbocycles. The molecule has 10 heteroatoms. The molecule has 0 aliphatic heterocycles. The van der Waals surface area contributed by atoms with Gasteiger partial charge in [-0.25, -0.2) is 12.8 Å². The van der Waals surface area contributed by atoms with E-state index in [9.17, 15) is 17.6 Å².